The number of nitrogens with zero attached hydrogens (tertiary/aromatic N) is 2. The summed E-state index contributed by atoms with van der Waals surface area (Å²) < 4.78 is 21.7. The third-order valence-corrected chi connectivity index (χ3v) is 5.96. The molecule has 2 fully saturated rings. The molecule has 0 unspecified atom stereocenters. The van der Waals surface area contributed by atoms with Crippen molar-refractivity contribution in [1.82, 2.24) is 9.80 Å². The van der Waals surface area contributed by atoms with Gasteiger partial charge in [-0.05, 0) is 17.7 Å². The molecule has 26 heavy (non-hydrogen) atoms. The first kappa shape index (κ1) is 19.1. The van der Waals surface area contributed by atoms with E-state index in [0.29, 0.717) is 29.5 Å². The van der Waals surface area contributed by atoms with Crippen LogP contribution in [0.3, 0.4) is 0 Å². The number of ether oxygens (including phenoxy) is 4. The Morgan fingerprint density at radius 3 is 2.31 bits per heavy atom. The third-order valence-electron chi connectivity index (χ3n) is 4.70. The molecule has 0 N–H and O–H groups in total. The van der Waals surface area contributed by atoms with Gasteiger partial charge in [-0.25, -0.2) is 0 Å². The topological polar surface area (TPSA) is 60.5 Å². The number of thioether (sulfide) groups is 1. The molecule has 8 heteroatoms. The van der Waals surface area contributed by atoms with Crippen LogP contribution in [0.25, 0.3) is 0 Å². The Labute approximate surface area is 158 Å². The highest BCUT2D eigenvalue weighted by Crippen LogP contribution is 2.45. The second-order valence-electron chi connectivity index (χ2n) is 6.16. The molecule has 7 nitrogen and oxygen atoms in total. The van der Waals surface area contributed by atoms with E-state index in [9.17, 15) is 4.79 Å². The molecule has 0 aromatic heterocycles. The van der Waals surface area contributed by atoms with E-state index in [4.69, 9.17) is 18.9 Å². The molecule has 144 valence electrons. The summed E-state index contributed by atoms with van der Waals surface area (Å²) in [6, 6.07) is 3.86. The Hall–Kier alpha value is -1.64. The van der Waals surface area contributed by atoms with E-state index in [0.717, 1.165) is 38.4 Å². The van der Waals surface area contributed by atoms with E-state index in [2.05, 4.69) is 4.90 Å². The Morgan fingerprint density at radius 1 is 1.08 bits per heavy atom. The van der Waals surface area contributed by atoms with Crippen molar-refractivity contribution < 1.29 is 23.7 Å². The summed E-state index contributed by atoms with van der Waals surface area (Å²) in [6.45, 7) is 4.93. The maximum atomic E-state index is 12.4. The van der Waals surface area contributed by atoms with Gasteiger partial charge in [0.2, 0.25) is 11.7 Å². The molecule has 3 rings (SSSR count). The van der Waals surface area contributed by atoms with E-state index < -0.39 is 0 Å². The molecule has 1 aromatic carbocycles. The van der Waals surface area contributed by atoms with Gasteiger partial charge < -0.3 is 23.8 Å². The lowest BCUT2D eigenvalue weighted by Gasteiger charge is -2.31. The number of hydrogen-bond donors (Lipinski definition) is 0. The zero-order chi connectivity index (χ0) is 18.5. The van der Waals surface area contributed by atoms with Gasteiger partial charge in [-0.3, -0.25) is 9.69 Å². The fourth-order valence-electron chi connectivity index (χ4n) is 3.29. The highest BCUT2D eigenvalue weighted by molar-refractivity contribution is 8.00. The van der Waals surface area contributed by atoms with Gasteiger partial charge in [0, 0.05) is 26.2 Å². The third kappa shape index (κ3) is 4.02. The summed E-state index contributed by atoms with van der Waals surface area (Å²) in [7, 11) is 4.79. The van der Waals surface area contributed by atoms with Gasteiger partial charge in [0.1, 0.15) is 5.37 Å². The molecule has 2 aliphatic rings. The minimum Gasteiger partial charge on any atom is -0.493 e. The number of morpholine rings is 1. The summed E-state index contributed by atoms with van der Waals surface area (Å²) in [4.78, 5) is 16.7. The molecule has 2 heterocycles. The smallest absolute Gasteiger partial charge is 0.233 e. The van der Waals surface area contributed by atoms with Crippen LogP contribution >= 0.6 is 11.8 Å². The SMILES string of the molecule is COc1cc([C@@H]2SCC(=O)N2CCN2CCOCC2)cc(OC)c1OC. The number of amides is 1. The zero-order valence-corrected chi connectivity index (χ0v) is 16.3. The van der Waals surface area contributed by atoms with E-state index in [1.165, 1.54) is 0 Å². The lowest BCUT2D eigenvalue weighted by Crippen LogP contribution is -2.42. The van der Waals surface area contributed by atoms with Crippen molar-refractivity contribution in [3.63, 3.8) is 0 Å². The van der Waals surface area contributed by atoms with Crippen LogP contribution in [-0.4, -0.2) is 82.2 Å². The quantitative estimate of drug-likeness (QED) is 0.710. The average Bonchev–Trinajstić information content (AvgIpc) is 3.06. The van der Waals surface area contributed by atoms with Crippen LogP contribution in [0.5, 0.6) is 17.2 Å². The molecule has 0 aliphatic carbocycles. The number of benzene rings is 1. The van der Waals surface area contributed by atoms with Crippen LogP contribution in [0, 0.1) is 0 Å². The number of methoxy groups -OCH3 is 3. The normalized spacial score (nSPS) is 21.1. The van der Waals surface area contributed by atoms with Crippen LogP contribution in [0.4, 0.5) is 0 Å². The summed E-state index contributed by atoms with van der Waals surface area (Å²) in [5.74, 6) is 2.43. The molecule has 0 bridgehead atoms. The van der Waals surface area contributed by atoms with Crippen molar-refractivity contribution in [2.24, 2.45) is 0 Å². The second-order valence-corrected chi connectivity index (χ2v) is 7.23. The molecular weight excluding hydrogens is 356 g/mol. The lowest BCUT2D eigenvalue weighted by molar-refractivity contribution is -0.128. The zero-order valence-electron chi connectivity index (χ0n) is 15.5. The molecule has 1 atom stereocenters. The van der Waals surface area contributed by atoms with Crippen molar-refractivity contribution in [1.29, 1.82) is 0 Å². The van der Waals surface area contributed by atoms with Crippen LogP contribution < -0.4 is 14.2 Å². The van der Waals surface area contributed by atoms with Gasteiger partial charge in [-0.15, -0.1) is 11.8 Å². The Bertz CT molecular complexity index is 611. The van der Waals surface area contributed by atoms with Crippen molar-refractivity contribution >= 4 is 17.7 Å². The molecule has 0 spiro atoms. The monoisotopic (exact) mass is 382 g/mol. The summed E-state index contributed by atoms with van der Waals surface area (Å²) >= 11 is 1.63. The van der Waals surface area contributed by atoms with E-state index in [1.807, 2.05) is 17.0 Å². The Kier molecular flexibility index (Phi) is 6.50. The Balaban J connectivity index is 1.78. The maximum absolute atomic E-state index is 12.4. The summed E-state index contributed by atoms with van der Waals surface area (Å²) in [5.41, 5.74) is 0.984. The highest BCUT2D eigenvalue weighted by atomic mass is 32.2. The summed E-state index contributed by atoms with van der Waals surface area (Å²) in [5, 5.41) is -0.0442. The van der Waals surface area contributed by atoms with Gasteiger partial charge in [0.05, 0.1) is 40.3 Å². The standard InChI is InChI=1S/C18H26N2O5S/c1-22-14-10-13(11-15(23-2)17(14)24-3)18-20(16(21)12-26-18)5-4-19-6-8-25-9-7-19/h10-11,18H,4-9,12H2,1-3H3/t18-/m0/s1. The molecule has 2 aliphatic heterocycles. The van der Waals surface area contributed by atoms with E-state index in [1.54, 1.807) is 33.1 Å². The van der Waals surface area contributed by atoms with Gasteiger partial charge in [-0.2, -0.15) is 0 Å². The number of carbonyl (C=O) groups is 1. The lowest BCUT2D eigenvalue weighted by atomic mass is 10.1. The van der Waals surface area contributed by atoms with Crippen LogP contribution in [0.1, 0.15) is 10.9 Å². The molecule has 2 saturated heterocycles. The van der Waals surface area contributed by atoms with Gasteiger partial charge >= 0.3 is 0 Å². The van der Waals surface area contributed by atoms with Gasteiger partial charge in [0.15, 0.2) is 11.5 Å². The maximum Gasteiger partial charge on any atom is 0.233 e. The van der Waals surface area contributed by atoms with Gasteiger partial charge in [-0.1, -0.05) is 0 Å². The number of carbonyl (C=O) groups excluding carboxylic acids is 1. The van der Waals surface area contributed by atoms with Crippen LogP contribution in [-0.2, 0) is 9.53 Å². The molecule has 0 radical (unpaired) electrons. The minimum atomic E-state index is -0.0442. The van der Waals surface area contributed by atoms with Crippen LogP contribution in [0.15, 0.2) is 12.1 Å². The first-order chi connectivity index (χ1) is 12.7. The predicted octanol–water partition coefficient (Wildman–Crippen LogP) is 1.62. The van der Waals surface area contributed by atoms with E-state index >= 15 is 0 Å². The molecular formula is C18H26N2O5S. The average molecular weight is 382 g/mol. The second kappa shape index (κ2) is 8.83. The fourth-order valence-corrected chi connectivity index (χ4v) is 4.49. The van der Waals surface area contributed by atoms with Crippen LogP contribution in [0.2, 0.25) is 0 Å². The summed E-state index contributed by atoms with van der Waals surface area (Å²) in [6.07, 6.45) is 0. The van der Waals surface area contributed by atoms with E-state index in [-0.39, 0.29) is 11.3 Å². The number of hydrogen-bond acceptors (Lipinski definition) is 7. The fraction of sp³-hybridized carbons (Fsp3) is 0.611. The van der Waals surface area contributed by atoms with Gasteiger partial charge in [0.25, 0.3) is 0 Å². The van der Waals surface area contributed by atoms with Crippen molar-refractivity contribution in [2.45, 2.75) is 5.37 Å². The molecule has 1 aromatic rings. The van der Waals surface area contributed by atoms with Crippen molar-refractivity contribution in [2.75, 3.05) is 66.5 Å². The van der Waals surface area contributed by atoms with Crippen molar-refractivity contribution in [3.8, 4) is 17.2 Å². The minimum absolute atomic E-state index is 0.0442. The first-order valence-corrected chi connectivity index (χ1v) is 9.74. The van der Waals surface area contributed by atoms with Crippen molar-refractivity contribution in [3.05, 3.63) is 17.7 Å². The Morgan fingerprint density at radius 2 is 1.73 bits per heavy atom. The molecule has 0 saturated carbocycles. The largest absolute Gasteiger partial charge is 0.493 e. The number of rotatable bonds is 7. The molecule has 1 amide bonds. The highest BCUT2D eigenvalue weighted by Gasteiger charge is 2.34. The first-order valence-electron chi connectivity index (χ1n) is 8.69. The predicted molar refractivity (Wildman–Crippen MR) is 100 cm³/mol.